The Morgan fingerprint density at radius 2 is 1.61 bits per heavy atom. The summed E-state index contributed by atoms with van der Waals surface area (Å²) < 4.78 is 74.9. The highest BCUT2D eigenvalue weighted by Gasteiger charge is 2.38. The topological polar surface area (TPSA) is 17.3 Å². The number of hydrogen-bond acceptors (Lipinski definition) is 1. The van der Waals surface area contributed by atoms with Crippen LogP contribution in [0.25, 0.3) is 5.65 Å². The van der Waals surface area contributed by atoms with Crippen LogP contribution in [0.2, 0.25) is 0 Å². The minimum absolute atomic E-state index is 0.220. The van der Waals surface area contributed by atoms with Gasteiger partial charge in [0.2, 0.25) is 0 Å². The van der Waals surface area contributed by atoms with E-state index in [2.05, 4.69) is 20.9 Å². The van der Waals surface area contributed by atoms with Crippen molar-refractivity contribution in [1.82, 2.24) is 9.38 Å². The van der Waals surface area contributed by atoms with E-state index in [1.54, 1.807) is 0 Å². The van der Waals surface area contributed by atoms with Gasteiger partial charge >= 0.3 is 12.4 Å². The van der Waals surface area contributed by atoms with E-state index in [1.165, 1.54) is 0 Å². The summed E-state index contributed by atoms with van der Waals surface area (Å²) in [7, 11) is 0. The molecule has 2 aromatic heterocycles. The van der Waals surface area contributed by atoms with Gasteiger partial charge in [0.05, 0.1) is 5.56 Å². The van der Waals surface area contributed by atoms with E-state index >= 15 is 0 Å². The number of hydrogen-bond donors (Lipinski definition) is 0. The van der Waals surface area contributed by atoms with Crippen LogP contribution >= 0.6 is 15.9 Å². The third kappa shape index (κ3) is 2.18. The van der Waals surface area contributed by atoms with E-state index < -0.39 is 28.2 Å². The molecule has 18 heavy (non-hydrogen) atoms. The fraction of sp³-hybridized carbons (Fsp3) is 0.222. The number of halogens is 7. The second-order valence-electron chi connectivity index (χ2n) is 3.39. The number of imidazole rings is 1. The largest absolute Gasteiger partial charge is 0.436 e. The summed E-state index contributed by atoms with van der Waals surface area (Å²) in [5.74, 6) is 0. The molecule has 0 bridgehead atoms. The van der Waals surface area contributed by atoms with Gasteiger partial charge < -0.3 is 0 Å². The first-order chi connectivity index (χ1) is 8.10. The van der Waals surface area contributed by atoms with E-state index in [9.17, 15) is 26.3 Å². The lowest BCUT2D eigenvalue weighted by Crippen LogP contribution is -2.07. The zero-order valence-electron chi connectivity index (χ0n) is 8.27. The SMILES string of the molecule is FC(F)(F)c1ccc2nc(C(F)(F)F)c(Br)n2c1. The van der Waals surface area contributed by atoms with Crippen LogP contribution in [0.4, 0.5) is 26.3 Å². The molecular weight excluding hydrogens is 330 g/mol. The molecule has 98 valence electrons. The first kappa shape index (κ1) is 13.2. The van der Waals surface area contributed by atoms with Crippen molar-refractivity contribution in [1.29, 1.82) is 0 Å². The Hall–Kier alpha value is -1.25. The van der Waals surface area contributed by atoms with E-state index in [0.717, 1.165) is 6.07 Å². The van der Waals surface area contributed by atoms with Gasteiger partial charge in [-0.25, -0.2) is 4.98 Å². The summed E-state index contributed by atoms with van der Waals surface area (Å²) in [5.41, 5.74) is -2.54. The van der Waals surface area contributed by atoms with E-state index in [1.807, 2.05) is 0 Å². The van der Waals surface area contributed by atoms with Crippen LogP contribution < -0.4 is 0 Å². The van der Waals surface area contributed by atoms with Gasteiger partial charge in [-0.2, -0.15) is 26.3 Å². The zero-order chi connectivity index (χ0) is 13.7. The summed E-state index contributed by atoms with van der Waals surface area (Å²) in [5, 5.41) is 0. The van der Waals surface area contributed by atoms with Gasteiger partial charge in [0.15, 0.2) is 5.69 Å². The van der Waals surface area contributed by atoms with Crippen molar-refractivity contribution in [2.45, 2.75) is 12.4 Å². The zero-order valence-corrected chi connectivity index (χ0v) is 9.86. The van der Waals surface area contributed by atoms with Crippen LogP contribution in [0.5, 0.6) is 0 Å². The molecule has 0 aromatic carbocycles. The van der Waals surface area contributed by atoms with Crippen molar-refractivity contribution in [3.63, 3.8) is 0 Å². The molecule has 2 rings (SSSR count). The lowest BCUT2D eigenvalue weighted by atomic mass is 10.3. The second-order valence-corrected chi connectivity index (χ2v) is 4.14. The fourth-order valence-corrected chi connectivity index (χ4v) is 1.96. The van der Waals surface area contributed by atoms with Crippen LogP contribution in [0, 0.1) is 0 Å². The lowest BCUT2D eigenvalue weighted by molar-refractivity contribution is -0.141. The first-order valence-corrected chi connectivity index (χ1v) is 5.22. The Morgan fingerprint density at radius 3 is 2.11 bits per heavy atom. The summed E-state index contributed by atoms with van der Waals surface area (Å²) >= 11 is 2.60. The molecule has 0 saturated carbocycles. The second kappa shape index (κ2) is 3.87. The Bertz CT molecular complexity index is 597. The highest BCUT2D eigenvalue weighted by molar-refractivity contribution is 9.10. The number of nitrogens with zero attached hydrogens (tertiary/aromatic N) is 2. The van der Waals surface area contributed by atoms with Crippen molar-refractivity contribution in [3.05, 3.63) is 34.2 Å². The van der Waals surface area contributed by atoms with Crippen LogP contribution in [0.3, 0.4) is 0 Å². The van der Waals surface area contributed by atoms with Gasteiger partial charge in [-0.05, 0) is 28.1 Å². The summed E-state index contributed by atoms with van der Waals surface area (Å²) in [6.45, 7) is 0. The summed E-state index contributed by atoms with van der Waals surface area (Å²) in [6, 6.07) is 1.55. The Balaban J connectivity index is 2.68. The van der Waals surface area contributed by atoms with Crippen LogP contribution in [0.15, 0.2) is 22.9 Å². The van der Waals surface area contributed by atoms with Crippen molar-refractivity contribution in [2.24, 2.45) is 0 Å². The standard InChI is InChI=1S/C9H3BrF6N2/c10-7-6(9(14,15)16)17-5-2-1-4(3-18(5)7)8(11,12)13/h1-3H. The molecule has 0 aliphatic heterocycles. The molecule has 0 unspecified atom stereocenters. The molecule has 0 amide bonds. The maximum Gasteiger partial charge on any atom is 0.436 e. The molecule has 0 spiro atoms. The number of alkyl halides is 6. The van der Waals surface area contributed by atoms with E-state index in [4.69, 9.17) is 0 Å². The van der Waals surface area contributed by atoms with Crippen LogP contribution in [0.1, 0.15) is 11.3 Å². The molecule has 0 aliphatic carbocycles. The fourth-order valence-electron chi connectivity index (χ4n) is 1.36. The van der Waals surface area contributed by atoms with Gasteiger partial charge in [-0.1, -0.05) is 0 Å². The minimum atomic E-state index is -4.73. The smallest absolute Gasteiger partial charge is 0.293 e. The third-order valence-corrected chi connectivity index (χ3v) is 2.91. The van der Waals surface area contributed by atoms with Crippen molar-refractivity contribution in [3.8, 4) is 0 Å². The van der Waals surface area contributed by atoms with Crippen molar-refractivity contribution in [2.75, 3.05) is 0 Å². The van der Waals surface area contributed by atoms with Gasteiger partial charge in [-0.15, -0.1) is 0 Å². The van der Waals surface area contributed by atoms with Crippen molar-refractivity contribution >= 4 is 21.6 Å². The Morgan fingerprint density at radius 1 is 1.00 bits per heavy atom. The summed E-state index contributed by atoms with van der Waals surface area (Å²) in [6.07, 6.45) is -8.80. The number of aromatic nitrogens is 2. The maximum atomic E-state index is 12.5. The molecule has 0 N–H and O–H groups in total. The molecule has 0 saturated heterocycles. The maximum absolute atomic E-state index is 12.5. The molecule has 2 nitrogen and oxygen atoms in total. The molecule has 0 radical (unpaired) electrons. The van der Waals surface area contributed by atoms with Crippen LogP contribution in [-0.2, 0) is 12.4 Å². The predicted octanol–water partition coefficient (Wildman–Crippen LogP) is 4.13. The van der Waals surface area contributed by atoms with Crippen molar-refractivity contribution < 1.29 is 26.3 Å². The quantitative estimate of drug-likeness (QED) is 0.663. The lowest BCUT2D eigenvalue weighted by Gasteiger charge is -2.06. The van der Waals surface area contributed by atoms with Gasteiger partial charge in [0, 0.05) is 6.20 Å². The summed E-state index contributed by atoms with van der Waals surface area (Å²) in [4.78, 5) is 3.23. The normalized spacial score (nSPS) is 13.3. The van der Waals surface area contributed by atoms with Crippen LogP contribution in [-0.4, -0.2) is 9.38 Å². The highest BCUT2D eigenvalue weighted by atomic mass is 79.9. The first-order valence-electron chi connectivity index (χ1n) is 4.42. The average molecular weight is 333 g/mol. The number of rotatable bonds is 0. The molecule has 2 heterocycles. The Kier molecular flexibility index (Phi) is 2.84. The molecule has 0 atom stereocenters. The molecule has 2 aromatic rings. The molecule has 0 aliphatic rings. The Labute approximate surface area is 104 Å². The van der Waals surface area contributed by atoms with E-state index in [-0.39, 0.29) is 5.65 Å². The third-order valence-electron chi connectivity index (χ3n) is 2.16. The molecule has 9 heteroatoms. The highest BCUT2D eigenvalue weighted by Crippen LogP contribution is 2.36. The van der Waals surface area contributed by atoms with Gasteiger partial charge in [0.1, 0.15) is 10.3 Å². The number of pyridine rings is 1. The van der Waals surface area contributed by atoms with Gasteiger partial charge in [-0.3, -0.25) is 4.40 Å². The van der Waals surface area contributed by atoms with E-state index in [0.29, 0.717) is 16.7 Å². The predicted molar refractivity (Wildman–Crippen MR) is 52.9 cm³/mol. The minimum Gasteiger partial charge on any atom is -0.293 e. The number of fused-ring (bicyclic) bond motifs is 1. The average Bonchev–Trinajstić information content (AvgIpc) is 2.54. The van der Waals surface area contributed by atoms with Gasteiger partial charge in [0.25, 0.3) is 0 Å². The molecule has 0 fully saturated rings. The monoisotopic (exact) mass is 332 g/mol. The molecular formula is C9H3BrF6N2.